The van der Waals surface area contributed by atoms with Gasteiger partial charge in [-0.15, -0.1) is 0 Å². The third-order valence-electron chi connectivity index (χ3n) is 4.26. The van der Waals surface area contributed by atoms with Crippen molar-refractivity contribution in [3.05, 3.63) is 53.6 Å². The molecule has 1 atom stereocenters. The Bertz CT molecular complexity index is 835. The molecular weight excluding hydrogens is 334 g/mol. The maximum absolute atomic E-state index is 12.7. The number of phenolic OH excluding ortho intramolecular Hbond substituents is 1. The van der Waals surface area contributed by atoms with E-state index in [1.165, 1.54) is 24.3 Å². The van der Waals surface area contributed by atoms with E-state index in [0.29, 0.717) is 5.92 Å². The molecule has 0 bridgehead atoms. The quantitative estimate of drug-likeness (QED) is 0.860. The highest BCUT2D eigenvalue weighted by atomic mass is 35.5. The zero-order valence-corrected chi connectivity index (χ0v) is 14.3. The van der Waals surface area contributed by atoms with Crippen LogP contribution in [-0.2, 0) is 9.84 Å². The fraction of sp³-hybridized carbons (Fsp3) is 0.294. The SMILES string of the molecule is Cc1cc(S(=O)(=O)c2cccc(O)c2)ccc1C1CCN(Cl)C1. The third-order valence-corrected chi connectivity index (χ3v) is 6.31. The van der Waals surface area contributed by atoms with E-state index in [2.05, 4.69) is 0 Å². The lowest BCUT2D eigenvalue weighted by molar-refractivity contribution is 0.473. The van der Waals surface area contributed by atoms with Crippen molar-refractivity contribution in [2.75, 3.05) is 13.1 Å². The van der Waals surface area contributed by atoms with Crippen LogP contribution >= 0.6 is 11.8 Å². The predicted octanol–water partition coefficient (Wildman–Crippen LogP) is 3.48. The molecule has 1 aliphatic rings. The van der Waals surface area contributed by atoms with Crippen molar-refractivity contribution in [1.82, 2.24) is 4.42 Å². The molecule has 1 aliphatic heterocycles. The van der Waals surface area contributed by atoms with Crippen LogP contribution in [0.2, 0.25) is 0 Å². The standard InChI is InChI=1S/C17H18ClNO3S/c1-12-9-16(5-6-17(12)13-7-8-19(18)11-13)23(21,22)15-4-2-3-14(20)10-15/h2-6,9-10,13,20H,7-8,11H2,1H3. The lowest BCUT2D eigenvalue weighted by Gasteiger charge is -2.14. The van der Waals surface area contributed by atoms with Crippen LogP contribution in [0.3, 0.4) is 0 Å². The largest absolute Gasteiger partial charge is 0.508 e. The van der Waals surface area contributed by atoms with Gasteiger partial charge in [0.15, 0.2) is 0 Å². The van der Waals surface area contributed by atoms with E-state index in [-0.39, 0.29) is 15.5 Å². The van der Waals surface area contributed by atoms with Gasteiger partial charge in [-0.3, -0.25) is 0 Å². The van der Waals surface area contributed by atoms with Crippen molar-refractivity contribution in [2.45, 2.75) is 29.1 Å². The Morgan fingerprint density at radius 1 is 1.17 bits per heavy atom. The Morgan fingerprint density at radius 3 is 2.52 bits per heavy atom. The smallest absolute Gasteiger partial charge is 0.206 e. The Kier molecular flexibility index (Phi) is 4.36. The minimum atomic E-state index is -3.63. The molecule has 122 valence electrons. The number of aromatic hydroxyl groups is 1. The second kappa shape index (κ2) is 6.15. The van der Waals surface area contributed by atoms with E-state index in [9.17, 15) is 13.5 Å². The average molecular weight is 352 g/mol. The van der Waals surface area contributed by atoms with Gasteiger partial charge in [0, 0.05) is 13.1 Å². The summed E-state index contributed by atoms with van der Waals surface area (Å²) < 4.78 is 27.1. The van der Waals surface area contributed by atoms with Gasteiger partial charge in [-0.05, 0) is 72.5 Å². The van der Waals surface area contributed by atoms with E-state index in [1.807, 2.05) is 13.0 Å². The molecule has 0 radical (unpaired) electrons. The molecule has 0 spiro atoms. The van der Waals surface area contributed by atoms with Gasteiger partial charge in [0.2, 0.25) is 9.84 Å². The summed E-state index contributed by atoms with van der Waals surface area (Å²) in [6, 6.07) is 10.9. The van der Waals surface area contributed by atoms with Gasteiger partial charge in [-0.2, -0.15) is 0 Å². The highest BCUT2D eigenvalue weighted by Crippen LogP contribution is 2.32. The molecule has 3 rings (SSSR count). The van der Waals surface area contributed by atoms with E-state index in [1.54, 1.807) is 16.6 Å². The Balaban J connectivity index is 1.96. The Morgan fingerprint density at radius 2 is 1.91 bits per heavy atom. The fourth-order valence-electron chi connectivity index (χ4n) is 3.03. The number of sulfone groups is 1. The van der Waals surface area contributed by atoms with Crippen LogP contribution in [0.15, 0.2) is 52.3 Å². The third kappa shape index (κ3) is 3.22. The number of aryl methyl sites for hydroxylation is 1. The van der Waals surface area contributed by atoms with Gasteiger partial charge < -0.3 is 5.11 Å². The topological polar surface area (TPSA) is 57.6 Å². The van der Waals surface area contributed by atoms with Crippen molar-refractivity contribution in [1.29, 1.82) is 0 Å². The lowest BCUT2D eigenvalue weighted by Crippen LogP contribution is -2.08. The maximum Gasteiger partial charge on any atom is 0.206 e. The summed E-state index contributed by atoms with van der Waals surface area (Å²) in [6.45, 7) is 3.55. The molecule has 1 unspecified atom stereocenters. The van der Waals surface area contributed by atoms with Crippen molar-refractivity contribution in [3.63, 3.8) is 0 Å². The molecule has 23 heavy (non-hydrogen) atoms. The van der Waals surface area contributed by atoms with Crippen LogP contribution < -0.4 is 0 Å². The fourth-order valence-corrected chi connectivity index (χ4v) is 4.68. The molecule has 2 aromatic carbocycles. The first kappa shape index (κ1) is 16.3. The molecule has 1 N–H and O–H groups in total. The summed E-state index contributed by atoms with van der Waals surface area (Å²) >= 11 is 6.02. The molecule has 6 heteroatoms. The number of benzene rings is 2. The summed E-state index contributed by atoms with van der Waals surface area (Å²) in [5.41, 5.74) is 2.09. The molecule has 0 aromatic heterocycles. The van der Waals surface area contributed by atoms with E-state index in [0.717, 1.165) is 30.6 Å². The zero-order valence-electron chi connectivity index (χ0n) is 12.7. The number of halogens is 1. The Hall–Kier alpha value is -1.56. The second-order valence-corrected chi connectivity index (χ2v) is 8.30. The highest BCUT2D eigenvalue weighted by molar-refractivity contribution is 7.91. The van der Waals surface area contributed by atoms with E-state index >= 15 is 0 Å². The van der Waals surface area contributed by atoms with Gasteiger partial charge in [-0.1, -0.05) is 12.1 Å². The van der Waals surface area contributed by atoms with Crippen molar-refractivity contribution < 1.29 is 13.5 Å². The molecule has 1 saturated heterocycles. The summed E-state index contributed by atoms with van der Waals surface area (Å²) in [5.74, 6) is 0.276. The molecule has 1 heterocycles. The zero-order chi connectivity index (χ0) is 16.6. The van der Waals surface area contributed by atoms with Crippen molar-refractivity contribution in [3.8, 4) is 5.75 Å². The number of hydrogen-bond donors (Lipinski definition) is 1. The summed E-state index contributed by atoms with van der Waals surface area (Å²) in [5, 5.41) is 9.51. The first-order valence-corrected chi connectivity index (χ1v) is 9.25. The molecule has 2 aromatic rings. The van der Waals surface area contributed by atoms with Crippen LogP contribution in [0.25, 0.3) is 0 Å². The van der Waals surface area contributed by atoms with Crippen LogP contribution in [-0.4, -0.2) is 31.0 Å². The van der Waals surface area contributed by atoms with Crippen LogP contribution in [0, 0.1) is 6.92 Å². The molecule has 1 fully saturated rings. The van der Waals surface area contributed by atoms with Crippen LogP contribution in [0.4, 0.5) is 0 Å². The van der Waals surface area contributed by atoms with Gasteiger partial charge in [0.1, 0.15) is 5.75 Å². The van der Waals surface area contributed by atoms with Gasteiger partial charge in [-0.25, -0.2) is 12.8 Å². The second-order valence-electron chi connectivity index (χ2n) is 5.87. The summed E-state index contributed by atoms with van der Waals surface area (Å²) in [7, 11) is -3.63. The van der Waals surface area contributed by atoms with Gasteiger partial charge in [0.25, 0.3) is 0 Å². The molecule has 0 aliphatic carbocycles. The highest BCUT2D eigenvalue weighted by Gasteiger charge is 2.25. The van der Waals surface area contributed by atoms with Crippen molar-refractivity contribution in [2.24, 2.45) is 0 Å². The number of hydrogen-bond acceptors (Lipinski definition) is 4. The van der Waals surface area contributed by atoms with Gasteiger partial charge in [0.05, 0.1) is 9.79 Å². The normalized spacial score (nSPS) is 19.1. The lowest BCUT2D eigenvalue weighted by atomic mass is 9.94. The summed E-state index contributed by atoms with van der Waals surface area (Å²) in [4.78, 5) is 0.336. The first-order chi connectivity index (χ1) is 10.9. The van der Waals surface area contributed by atoms with E-state index in [4.69, 9.17) is 11.8 Å². The number of nitrogens with zero attached hydrogens (tertiary/aromatic N) is 1. The summed E-state index contributed by atoms with van der Waals surface area (Å²) in [6.07, 6.45) is 0.975. The monoisotopic (exact) mass is 351 g/mol. The minimum Gasteiger partial charge on any atom is -0.508 e. The maximum atomic E-state index is 12.7. The molecular formula is C17H18ClNO3S. The van der Waals surface area contributed by atoms with Crippen LogP contribution in [0.5, 0.6) is 5.75 Å². The molecule has 0 amide bonds. The Labute approximate surface area is 141 Å². The van der Waals surface area contributed by atoms with Crippen LogP contribution in [0.1, 0.15) is 23.5 Å². The van der Waals surface area contributed by atoms with Crippen molar-refractivity contribution >= 4 is 21.6 Å². The van der Waals surface area contributed by atoms with E-state index < -0.39 is 9.84 Å². The average Bonchev–Trinajstić information content (AvgIpc) is 2.93. The molecule has 0 saturated carbocycles. The molecule has 4 nitrogen and oxygen atoms in total. The number of rotatable bonds is 3. The van der Waals surface area contributed by atoms with Gasteiger partial charge >= 0.3 is 0 Å². The predicted molar refractivity (Wildman–Crippen MR) is 89.5 cm³/mol. The number of phenols is 1. The first-order valence-electron chi connectivity index (χ1n) is 7.43. The minimum absolute atomic E-state index is 0.0624.